The van der Waals surface area contributed by atoms with Gasteiger partial charge >= 0.3 is 5.97 Å². The summed E-state index contributed by atoms with van der Waals surface area (Å²) in [7, 11) is 0. The van der Waals surface area contributed by atoms with Gasteiger partial charge in [0, 0.05) is 6.07 Å². The van der Waals surface area contributed by atoms with Gasteiger partial charge in [0.2, 0.25) is 0 Å². The van der Waals surface area contributed by atoms with Crippen molar-refractivity contribution < 1.29 is 19.6 Å². The largest absolute Gasteiger partial charge is 0.488 e. The van der Waals surface area contributed by atoms with Crippen molar-refractivity contribution in [3.8, 4) is 5.75 Å². The van der Waals surface area contributed by atoms with Crippen LogP contribution in [-0.2, 0) is 6.61 Å². The van der Waals surface area contributed by atoms with Gasteiger partial charge in [0.05, 0.1) is 20.3 Å². The molecule has 10 heteroatoms. The summed E-state index contributed by atoms with van der Waals surface area (Å²) in [5, 5.41) is 23.6. The molecule has 0 radical (unpaired) electrons. The van der Waals surface area contributed by atoms with E-state index in [1.54, 1.807) is 30.5 Å². The zero-order chi connectivity index (χ0) is 21.5. The number of anilines is 1. The lowest BCUT2D eigenvalue weighted by atomic mass is 10.1. The van der Waals surface area contributed by atoms with Gasteiger partial charge in [0.15, 0.2) is 0 Å². The maximum atomic E-state index is 10.9. The van der Waals surface area contributed by atoms with Gasteiger partial charge in [-0.25, -0.2) is 9.78 Å². The summed E-state index contributed by atoms with van der Waals surface area (Å²) in [6, 6.07) is 14.9. The highest BCUT2D eigenvalue weighted by Gasteiger charge is 2.06. The normalized spacial score (nSPS) is 10.7. The van der Waals surface area contributed by atoms with Crippen LogP contribution < -0.4 is 10.2 Å². The van der Waals surface area contributed by atoms with Crippen LogP contribution in [0.3, 0.4) is 0 Å². The van der Waals surface area contributed by atoms with Gasteiger partial charge in [-0.2, -0.15) is 5.10 Å². The molecule has 0 unspecified atom stereocenters. The highest BCUT2D eigenvalue weighted by Crippen LogP contribution is 2.23. The van der Waals surface area contributed by atoms with E-state index in [-0.39, 0.29) is 11.3 Å². The van der Waals surface area contributed by atoms with Gasteiger partial charge in [0.25, 0.3) is 5.69 Å². The standard InChI is InChI=1S/C20H15IN4O5/c21-17-9-14(10-23-24-19-8-6-16(11-22-19)25(28)29)3-7-18(17)30-12-13-1-4-15(5-2-13)20(26)27/h1-11H,12H2,(H,22,24)(H,26,27)/b23-10+. The molecule has 9 nitrogen and oxygen atoms in total. The molecule has 0 atom stereocenters. The Labute approximate surface area is 184 Å². The summed E-state index contributed by atoms with van der Waals surface area (Å²) < 4.78 is 6.68. The molecule has 152 valence electrons. The summed E-state index contributed by atoms with van der Waals surface area (Å²) in [5.74, 6) is 0.119. The smallest absolute Gasteiger partial charge is 0.335 e. The Morgan fingerprint density at radius 1 is 1.23 bits per heavy atom. The number of hydrogen-bond donors (Lipinski definition) is 2. The first-order valence-electron chi connectivity index (χ1n) is 8.56. The van der Waals surface area contributed by atoms with Crippen molar-refractivity contribution >= 4 is 46.3 Å². The van der Waals surface area contributed by atoms with Gasteiger partial charge in [0.1, 0.15) is 24.4 Å². The Balaban J connectivity index is 1.57. The van der Waals surface area contributed by atoms with Crippen LogP contribution in [-0.4, -0.2) is 27.2 Å². The molecule has 2 aromatic carbocycles. The molecule has 0 bridgehead atoms. The minimum atomic E-state index is -0.965. The maximum Gasteiger partial charge on any atom is 0.335 e. The highest BCUT2D eigenvalue weighted by atomic mass is 127. The molecule has 0 aliphatic carbocycles. The van der Waals surface area contributed by atoms with Crippen LogP contribution in [0.2, 0.25) is 0 Å². The molecule has 1 aromatic heterocycles. The number of nitro groups is 1. The highest BCUT2D eigenvalue weighted by molar-refractivity contribution is 14.1. The number of halogens is 1. The molecule has 0 fully saturated rings. The zero-order valence-corrected chi connectivity index (χ0v) is 17.5. The molecule has 3 aromatic rings. The maximum absolute atomic E-state index is 10.9. The van der Waals surface area contributed by atoms with Crippen LogP contribution in [0.4, 0.5) is 11.5 Å². The van der Waals surface area contributed by atoms with Crippen molar-refractivity contribution in [2.75, 3.05) is 5.43 Å². The number of hydrazone groups is 1. The van der Waals surface area contributed by atoms with E-state index >= 15 is 0 Å². The first-order valence-corrected chi connectivity index (χ1v) is 9.64. The lowest BCUT2D eigenvalue weighted by Gasteiger charge is -2.09. The number of ether oxygens (including phenoxy) is 1. The first kappa shape index (κ1) is 21.2. The van der Waals surface area contributed by atoms with Crippen molar-refractivity contribution in [1.29, 1.82) is 0 Å². The monoisotopic (exact) mass is 518 g/mol. The number of carboxylic acids is 1. The first-order chi connectivity index (χ1) is 14.4. The third kappa shape index (κ3) is 5.73. The number of aromatic nitrogens is 1. The molecule has 2 N–H and O–H groups in total. The minimum Gasteiger partial charge on any atom is -0.488 e. The Hall–Kier alpha value is -3.54. The third-order valence-electron chi connectivity index (χ3n) is 3.90. The summed E-state index contributed by atoms with van der Waals surface area (Å²) in [5.41, 5.74) is 4.54. The van der Waals surface area contributed by atoms with Crippen LogP contribution in [0.25, 0.3) is 0 Å². The average molecular weight is 518 g/mol. The number of nitrogens with zero attached hydrogens (tertiary/aromatic N) is 3. The fraction of sp³-hybridized carbons (Fsp3) is 0.0500. The summed E-state index contributed by atoms with van der Waals surface area (Å²) in [6.45, 7) is 0.316. The van der Waals surface area contributed by atoms with Gasteiger partial charge in [-0.3, -0.25) is 15.5 Å². The topological polar surface area (TPSA) is 127 Å². The molecule has 0 aliphatic heterocycles. The predicted molar refractivity (Wildman–Crippen MR) is 119 cm³/mol. The Morgan fingerprint density at radius 2 is 2.00 bits per heavy atom. The van der Waals surface area contributed by atoms with Crippen LogP contribution in [0.5, 0.6) is 5.75 Å². The minimum absolute atomic E-state index is 0.0903. The molecule has 0 amide bonds. The number of rotatable bonds is 8. The summed E-state index contributed by atoms with van der Waals surface area (Å²) in [4.78, 5) is 24.9. The van der Waals surface area contributed by atoms with Crippen molar-refractivity contribution in [2.45, 2.75) is 6.61 Å². The molecule has 1 heterocycles. The summed E-state index contributed by atoms with van der Waals surface area (Å²) >= 11 is 2.15. The van der Waals surface area contributed by atoms with E-state index in [4.69, 9.17) is 9.84 Å². The van der Waals surface area contributed by atoms with Crippen molar-refractivity contribution in [3.05, 3.63) is 91.2 Å². The Morgan fingerprint density at radius 3 is 2.60 bits per heavy atom. The van der Waals surface area contributed by atoms with Gasteiger partial charge in [-0.15, -0.1) is 0 Å². The molecular formula is C20H15IN4O5. The second kappa shape index (κ2) is 9.78. The van der Waals surface area contributed by atoms with Crippen molar-refractivity contribution in [2.24, 2.45) is 5.10 Å². The van der Waals surface area contributed by atoms with Gasteiger partial charge in [-0.1, -0.05) is 12.1 Å². The fourth-order valence-electron chi connectivity index (χ4n) is 2.35. The molecular weight excluding hydrogens is 503 g/mol. The number of benzene rings is 2. The lowest BCUT2D eigenvalue weighted by molar-refractivity contribution is -0.385. The number of aromatic carboxylic acids is 1. The number of pyridine rings is 1. The van der Waals surface area contributed by atoms with Crippen LogP contribution >= 0.6 is 22.6 Å². The average Bonchev–Trinajstić information content (AvgIpc) is 2.74. The quantitative estimate of drug-likeness (QED) is 0.197. The van der Waals surface area contributed by atoms with Crippen LogP contribution in [0, 0.1) is 13.7 Å². The second-order valence-corrected chi connectivity index (χ2v) is 7.17. The number of nitrogens with one attached hydrogen (secondary N) is 1. The van der Waals surface area contributed by atoms with E-state index in [0.29, 0.717) is 18.2 Å². The Bertz CT molecular complexity index is 1090. The van der Waals surface area contributed by atoms with Gasteiger partial charge in [-0.05, 0) is 70.1 Å². The van der Waals surface area contributed by atoms with E-state index in [2.05, 4.69) is 38.1 Å². The molecule has 0 spiro atoms. The van der Waals surface area contributed by atoms with E-state index in [0.717, 1.165) is 20.9 Å². The molecule has 0 aliphatic rings. The summed E-state index contributed by atoms with van der Waals surface area (Å²) in [6.07, 6.45) is 2.75. The number of carboxylic acid groups (broad SMARTS) is 1. The van der Waals surface area contributed by atoms with Crippen LogP contribution in [0.15, 0.2) is 65.9 Å². The number of hydrogen-bond acceptors (Lipinski definition) is 7. The molecule has 30 heavy (non-hydrogen) atoms. The fourth-order valence-corrected chi connectivity index (χ4v) is 3.05. The third-order valence-corrected chi connectivity index (χ3v) is 4.75. The van der Waals surface area contributed by atoms with E-state index in [1.165, 1.54) is 12.1 Å². The number of carbonyl (C=O) groups is 1. The zero-order valence-electron chi connectivity index (χ0n) is 15.4. The van der Waals surface area contributed by atoms with E-state index < -0.39 is 10.9 Å². The SMILES string of the molecule is O=C(O)c1ccc(COc2ccc(/C=N/Nc3ccc([N+](=O)[O-])cn3)cc2I)cc1. The van der Waals surface area contributed by atoms with E-state index in [1.807, 2.05) is 18.2 Å². The van der Waals surface area contributed by atoms with Gasteiger partial charge < -0.3 is 9.84 Å². The molecule has 0 saturated carbocycles. The van der Waals surface area contributed by atoms with Crippen LogP contribution in [0.1, 0.15) is 21.5 Å². The lowest BCUT2D eigenvalue weighted by Crippen LogP contribution is -2.00. The molecule has 3 rings (SSSR count). The van der Waals surface area contributed by atoms with E-state index in [9.17, 15) is 14.9 Å². The molecule has 0 saturated heterocycles. The van der Waals surface area contributed by atoms with Crippen molar-refractivity contribution in [1.82, 2.24) is 4.98 Å². The predicted octanol–water partition coefficient (Wildman–Crippen LogP) is 4.32. The second-order valence-electron chi connectivity index (χ2n) is 6.01. The Kier molecular flexibility index (Phi) is 6.91. The van der Waals surface area contributed by atoms with Crippen molar-refractivity contribution in [3.63, 3.8) is 0 Å².